The summed E-state index contributed by atoms with van der Waals surface area (Å²) in [5, 5.41) is 8.14. The number of amides is 1. The van der Waals surface area contributed by atoms with Crippen LogP contribution in [0, 0.1) is 0 Å². The summed E-state index contributed by atoms with van der Waals surface area (Å²) >= 11 is 0. The van der Waals surface area contributed by atoms with Crippen LogP contribution in [0.4, 0.5) is 0 Å². The van der Waals surface area contributed by atoms with Crippen LogP contribution in [0.2, 0.25) is 0 Å². The number of nitrogens with zero attached hydrogens (tertiary/aromatic N) is 2. The van der Waals surface area contributed by atoms with Gasteiger partial charge in [0.1, 0.15) is 5.03 Å². The minimum atomic E-state index is -4.03. The molecule has 10 nitrogen and oxygen atoms in total. The van der Waals surface area contributed by atoms with Gasteiger partial charge in [-0.1, -0.05) is 41.1 Å². The van der Waals surface area contributed by atoms with E-state index in [4.69, 9.17) is 9.84 Å². The number of aliphatic carboxylic acids is 1. The van der Waals surface area contributed by atoms with Gasteiger partial charge in [0.2, 0.25) is 15.9 Å². The van der Waals surface area contributed by atoms with Crippen LogP contribution in [-0.4, -0.2) is 85.4 Å². The van der Waals surface area contributed by atoms with Crippen LogP contribution >= 0.6 is 21.6 Å². The number of ketones is 1. The zero-order valence-corrected chi connectivity index (χ0v) is 23.8. The van der Waals surface area contributed by atoms with Crippen LogP contribution in [0.3, 0.4) is 0 Å². The molecule has 0 aliphatic heterocycles. The number of pyridine rings is 1. The lowest BCUT2D eigenvalue weighted by Gasteiger charge is -2.24. The van der Waals surface area contributed by atoms with Crippen LogP contribution < -0.4 is 4.72 Å². The SMILES string of the molecule is CC(=O)c1ccc(CCN(C)C(=O)C(CCSSc2ccccn2)S(=O)(=O)NCCOCCC(=O)O)cc1. The fourth-order valence-corrected chi connectivity index (χ4v) is 6.80. The van der Waals surface area contributed by atoms with Crippen LogP contribution in [0.1, 0.15) is 35.7 Å². The molecule has 1 aromatic heterocycles. The molecule has 208 valence electrons. The molecule has 0 aliphatic carbocycles. The van der Waals surface area contributed by atoms with E-state index in [-0.39, 0.29) is 38.4 Å². The maximum Gasteiger partial charge on any atom is 0.305 e. The first-order valence-electron chi connectivity index (χ1n) is 11.9. The summed E-state index contributed by atoms with van der Waals surface area (Å²) in [5.74, 6) is -1.16. The number of carbonyl (C=O) groups excluding carboxylic acids is 2. The number of carbonyl (C=O) groups is 3. The Morgan fingerprint density at radius 1 is 1.13 bits per heavy atom. The first kappa shape index (κ1) is 31.8. The van der Waals surface area contributed by atoms with Crippen LogP contribution in [0.15, 0.2) is 53.7 Å². The zero-order chi connectivity index (χ0) is 28.0. The van der Waals surface area contributed by atoms with Gasteiger partial charge in [0.25, 0.3) is 0 Å². The molecule has 0 saturated carbocycles. The van der Waals surface area contributed by atoms with Gasteiger partial charge in [0.05, 0.1) is 19.6 Å². The van der Waals surface area contributed by atoms with Gasteiger partial charge in [-0.05, 0) is 48.3 Å². The molecule has 2 N–H and O–H groups in total. The molecule has 2 rings (SSSR count). The van der Waals surface area contributed by atoms with Crippen LogP contribution in [-0.2, 0) is 30.8 Å². The number of likely N-dealkylation sites (N-methyl/N-ethyl adjacent to an activating group) is 1. The molecule has 1 heterocycles. The van der Waals surface area contributed by atoms with Crippen molar-refractivity contribution in [3.8, 4) is 0 Å². The molecule has 1 unspecified atom stereocenters. The number of Topliss-reactive ketones (excluding diaryl/α,β-unsaturated/α-hetero) is 1. The zero-order valence-electron chi connectivity index (χ0n) is 21.4. The molecular formula is C25H33N3O7S3. The third-order valence-corrected chi connectivity index (χ3v) is 9.47. The molecule has 38 heavy (non-hydrogen) atoms. The summed E-state index contributed by atoms with van der Waals surface area (Å²) in [4.78, 5) is 40.9. The molecule has 1 atom stereocenters. The highest BCUT2D eigenvalue weighted by Gasteiger charge is 2.34. The first-order chi connectivity index (χ1) is 18.1. The van der Waals surface area contributed by atoms with Crippen molar-refractivity contribution in [2.24, 2.45) is 0 Å². The molecule has 13 heteroatoms. The smallest absolute Gasteiger partial charge is 0.305 e. The van der Waals surface area contributed by atoms with Crippen molar-refractivity contribution < 1.29 is 32.6 Å². The lowest BCUT2D eigenvalue weighted by molar-refractivity contribution is -0.138. The Kier molecular flexibility index (Phi) is 13.8. The van der Waals surface area contributed by atoms with E-state index in [2.05, 4.69) is 9.71 Å². The Morgan fingerprint density at radius 2 is 1.87 bits per heavy atom. The summed E-state index contributed by atoms with van der Waals surface area (Å²) in [5.41, 5.74) is 1.52. The number of carboxylic acids is 1. The molecular weight excluding hydrogens is 550 g/mol. The van der Waals surface area contributed by atoms with Crippen molar-refractivity contribution in [2.45, 2.75) is 36.5 Å². The lowest BCUT2D eigenvalue weighted by atomic mass is 10.1. The fraction of sp³-hybridized carbons (Fsp3) is 0.440. The second kappa shape index (κ2) is 16.5. The first-order valence-corrected chi connectivity index (χ1v) is 15.8. The molecule has 0 bridgehead atoms. The van der Waals surface area contributed by atoms with Crippen LogP contribution in [0.5, 0.6) is 0 Å². The normalized spacial score (nSPS) is 12.2. The molecule has 0 saturated heterocycles. The minimum absolute atomic E-state index is 0.0101. The van der Waals surface area contributed by atoms with Crippen LogP contribution in [0.25, 0.3) is 0 Å². The molecule has 0 radical (unpaired) electrons. The number of carboxylic acid groups (broad SMARTS) is 1. The third-order valence-electron chi connectivity index (χ3n) is 5.38. The highest BCUT2D eigenvalue weighted by atomic mass is 33.1. The van der Waals surface area contributed by atoms with Crippen molar-refractivity contribution in [1.29, 1.82) is 0 Å². The summed E-state index contributed by atoms with van der Waals surface area (Å²) in [7, 11) is 0.364. The Bertz CT molecular complexity index is 1150. The van der Waals surface area contributed by atoms with Gasteiger partial charge < -0.3 is 14.7 Å². The molecule has 0 fully saturated rings. The predicted molar refractivity (Wildman–Crippen MR) is 149 cm³/mol. The monoisotopic (exact) mass is 583 g/mol. The van der Waals surface area contributed by atoms with Gasteiger partial charge in [-0.3, -0.25) is 14.4 Å². The summed E-state index contributed by atoms with van der Waals surface area (Å²) in [6.07, 6.45) is 2.09. The molecule has 1 amide bonds. The predicted octanol–water partition coefficient (Wildman–Crippen LogP) is 2.90. The number of ether oxygens (including phenoxy) is 1. The fourth-order valence-electron chi connectivity index (χ4n) is 3.24. The highest BCUT2D eigenvalue weighted by Crippen LogP contribution is 2.30. The van der Waals surface area contributed by atoms with Gasteiger partial charge in [0, 0.05) is 37.7 Å². The number of benzene rings is 1. The molecule has 0 aliphatic rings. The molecule has 0 spiro atoms. The Labute approximate surface area is 231 Å². The third kappa shape index (κ3) is 11.5. The number of rotatable bonds is 18. The van der Waals surface area contributed by atoms with Gasteiger partial charge in [-0.2, -0.15) is 0 Å². The topological polar surface area (TPSA) is 143 Å². The number of nitrogens with one attached hydrogen (secondary N) is 1. The maximum atomic E-state index is 13.3. The van der Waals surface area contributed by atoms with E-state index in [0.29, 0.717) is 24.3 Å². The lowest BCUT2D eigenvalue weighted by Crippen LogP contribution is -2.47. The Balaban J connectivity index is 1.98. The standard InChI is InChI=1S/C25H33N3O7S3/c1-19(29)21-8-6-20(7-9-21)10-15-28(2)25(32)22(12-18-36-37-23-5-3-4-13-26-23)38(33,34)27-14-17-35-16-11-24(30)31/h3-9,13,22,27H,10-12,14-18H2,1-2H3,(H,30,31). The van der Waals surface area contributed by atoms with Crippen molar-refractivity contribution >= 4 is 49.3 Å². The van der Waals surface area contributed by atoms with Crippen molar-refractivity contribution in [3.63, 3.8) is 0 Å². The Hall–Kier alpha value is -2.45. The second-order valence-corrected chi connectivity index (χ2v) is 12.7. The van der Waals surface area contributed by atoms with E-state index in [0.717, 1.165) is 10.6 Å². The van der Waals surface area contributed by atoms with Gasteiger partial charge in [-0.15, -0.1) is 0 Å². The van der Waals surface area contributed by atoms with Crippen molar-refractivity contribution in [2.75, 3.05) is 39.1 Å². The Morgan fingerprint density at radius 3 is 2.50 bits per heavy atom. The van der Waals surface area contributed by atoms with Crippen molar-refractivity contribution in [3.05, 3.63) is 59.8 Å². The summed E-state index contributed by atoms with van der Waals surface area (Å²) < 4.78 is 33.7. The average molecular weight is 584 g/mol. The molecule has 1 aromatic carbocycles. The number of hydrogen-bond acceptors (Lipinski definition) is 9. The van der Waals surface area contributed by atoms with E-state index in [1.807, 2.05) is 24.3 Å². The van der Waals surface area contributed by atoms with E-state index in [9.17, 15) is 22.8 Å². The van der Waals surface area contributed by atoms with Gasteiger partial charge in [-0.25, -0.2) is 18.1 Å². The van der Waals surface area contributed by atoms with Gasteiger partial charge in [0.15, 0.2) is 11.0 Å². The van der Waals surface area contributed by atoms with E-state index in [1.165, 1.54) is 33.4 Å². The quantitative estimate of drug-likeness (QED) is 0.153. The van der Waals surface area contributed by atoms with E-state index in [1.54, 1.807) is 31.4 Å². The number of hydrogen-bond donors (Lipinski definition) is 2. The molecule has 2 aromatic rings. The average Bonchev–Trinajstić information content (AvgIpc) is 2.89. The number of aromatic nitrogens is 1. The van der Waals surface area contributed by atoms with Gasteiger partial charge >= 0.3 is 5.97 Å². The largest absolute Gasteiger partial charge is 0.481 e. The summed E-state index contributed by atoms with van der Waals surface area (Å²) in [6, 6.07) is 12.6. The minimum Gasteiger partial charge on any atom is -0.481 e. The maximum absolute atomic E-state index is 13.3. The second-order valence-electron chi connectivity index (χ2n) is 8.31. The summed E-state index contributed by atoms with van der Waals surface area (Å²) in [6.45, 7) is 1.68. The number of sulfonamides is 1. The van der Waals surface area contributed by atoms with E-state index >= 15 is 0 Å². The van der Waals surface area contributed by atoms with E-state index < -0.39 is 27.1 Å². The van der Waals surface area contributed by atoms with Crippen molar-refractivity contribution in [1.82, 2.24) is 14.6 Å². The highest BCUT2D eigenvalue weighted by molar-refractivity contribution is 8.76.